The number of hydrogen-bond acceptors (Lipinski definition) is 4. The number of carbonyl (C=O) groups is 1. The summed E-state index contributed by atoms with van der Waals surface area (Å²) in [6, 6.07) is 7.57. The number of hydrogen-bond donors (Lipinski definition) is 3. The van der Waals surface area contributed by atoms with Crippen molar-refractivity contribution >= 4 is 47.2 Å². The molecular formula is C19H28IN5OS. The molecular weight excluding hydrogens is 473 g/mol. The highest BCUT2D eigenvalue weighted by Gasteiger charge is 2.05. The summed E-state index contributed by atoms with van der Waals surface area (Å²) in [6.07, 6.45) is 0.863. The van der Waals surface area contributed by atoms with Gasteiger partial charge in [0.1, 0.15) is 0 Å². The van der Waals surface area contributed by atoms with E-state index >= 15 is 0 Å². The summed E-state index contributed by atoms with van der Waals surface area (Å²) < 4.78 is 0. The summed E-state index contributed by atoms with van der Waals surface area (Å²) in [4.78, 5) is 21.0. The molecule has 0 aliphatic rings. The van der Waals surface area contributed by atoms with Gasteiger partial charge >= 0.3 is 0 Å². The molecule has 0 aliphatic heterocycles. The van der Waals surface area contributed by atoms with Crippen molar-refractivity contribution in [1.29, 1.82) is 0 Å². The van der Waals surface area contributed by atoms with Crippen molar-refractivity contribution in [2.75, 3.05) is 19.6 Å². The quantitative estimate of drug-likeness (QED) is 0.295. The average Bonchev–Trinajstić information content (AvgIpc) is 3.05. The lowest BCUT2D eigenvalue weighted by atomic mass is 10.1. The minimum Gasteiger partial charge on any atom is -0.357 e. The fraction of sp³-hybridized carbons (Fsp3) is 0.421. The molecule has 1 aromatic carbocycles. The smallest absolute Gasteiger partial charge is 0.251 e. The van der Waals surface area contributed by atoms with Crippen molar-refractivity contribution in [3.05, 3.63) is 51.5 Å². The molecule has 2 rings (SSSR count). The zero-order valence-corrected chi connectivity index (χ0v) is 19.2. The minimum absolute atomic E-state index is 0. The van der Waals surface area contributed by atoms with Crippen molar-refractivity contribution in [2.45, 2.75) is 33.7 Å². The van der Waals surface area contributed by atoms with E-state index in [0.29, 0.717) is 18.7 Å². The van der Waals surface area contributed by atoms with Gasteiger partial charge in [0.25, 0.3) is 5.91 Å². The summed E-state index contributed by atoms with van der Waals surface area (Å²) in [5.74, 6) is 0.713. The van der Waals surface area contributed by atoms with E-state index in [1.165, 1.54) is 0 Å². The number of halogens is 1. The Balaban J connectivity index is 0.00000364. The Bertz CT molecular complexity index is 747. The lowest BCUT2D eigenvalue weighted by Gasteiger charge is -2.11. The number of aryl methyl sites for hydroxylation is 1. The summed E-state index contributed by atoms with van der Waals surface area (Å²) in [6.45, 7) is 8.66. The topological polar surface area (TPSA) is 78.4 Å². The highest BCUT2D eigenvalue weighted by molar-refractivity contribution is 14.0. The molecule has 0 atom stereocenters. The van der Waals surface area contributed by atoms with Crippen molar-refractivity contribution < 1.29 is 4.79 Å². The van der Waals surface area contributed by atoms with E-state index in [9.17, 15) is 4.79 Å². The highest BCUT2D eigenvalue weighted by atomic mass is 127. The van der Waals surface area contributed by atoms with Crippen LogP contribution in [0.25, 0.3) is 0 Å². The SMILES string of the molecule is CCNC(=O)c1cccc(CN=C(NCC)NCCc2csc(C)n2)c1.I. The molecule has 27 heavy (non-hydrogen) atoms. The molecule has 148 valence electrons. The third kappa shape index (κ3) is 8.25. The minimum atomic E-state index is -0.0538. The lowest BCUT2D eigenvalue weighted by molar-refractivity contribution is 0.0955. The normalized spacial score (nSPS) is 10.9. The van der Waals surface area contributed by atoms with Gasteiger partial charge in [-0.3, -0.25) is 4.79 Å². The van der Waals surface area contributed by atoms with Crippen LogP contribution in [0.2, 0.25) is 0 Å². The van der Waals surface area contributed by atoms with Gasteiger partial charge in [-0.05, 0) is 38.5 Å². The maximum absolute atomic E-state index is 11.9. The molecule has 1 heterocycles. The van der Waals surface area contributed by atoms with Crippen molar-refractivity contribution in [3.8, 4) is 0 Å². The first kappa shape index (κ1) is 23.4. The van der Waals surface area contributed by atoms with Crippen LogP contribution in [0.1, 0.15) is 40.5 Å². The molecule has 2 aromatic rings. The molecule has 0 radical (unpaired) electrons. The maximum atomic E-state index is 11.9. The van der Waals surface area contributed by atoms with Crippen molar-refractivity contribution in [1.82, 2.24) is 20.9 Å². The number of aliphatic imine (C=N–C) groups is 1. The van der Waals surface area contributed by atoms with Crippen LogP contribution in [0.4, 0.5) is 0 Å². The molecule has 0 spiro atoms. The number of amides is 1. The van der Waals surface area contributed by atoms with Crippen LogP contribution < -0.4 is 16.0 Å². The van der Waals surface area contributed by atoms with Gasteiger partial charge in [-0.15, -0.1) is 35.3 Å². The Morgan fingerprint density at radius 1 is 1.19 bits per heavy atom. The molecule has 0 saturated carbocycles. The Labute approximate surface area is 182 Å². The van der Waals surface area contributed by atoms with Crippen LogP contribution in [-0.2, 0) is 13.0 Å². The van der Waals surface area contributed by atoms with E-state index < -0.39 is 0 Å². The average molecular weight is 501 g/mol. The van der Waals surface area contributed by atoms with Gasteiger partial charge in [0.2, 0.25) is 0 Å². The molecule has 3 N–H and O–H groups in total. The second-order valence-corrected chi connectivity index (χ2v) is 6.85. The second-order valence-electron chi connectivity index (χ2n) is 5.79. The van der Waals surface area contributed by atoms with Crippen molar-refractivity contribution in [3.63, 3.8) is 0 Å². The first-order valence-corrected chi connectivity index (χ1v) is 9.80. The maximum Gasteiger partial charge on any atom is 0.251 e. The predicted octanol–water partition coefficient (Wildman–Crippen LogP) is 3.12. The number of thiazole rings is 1. The zero-order valence-electron chi connectivity index (χ0n) is 16.0. The third-order valence-electron chi connectivity index (χ3n) is 3.63. The van der Waals surface area contributed by atoms with Gasteiger partial charge in [0, 0.05) is 37.0 Å². The predicted molar refractivity (Wildman–Crippen MR) is 123 cm³/mol. The summed E-state index contributed by atoms with van der Waals surface area (Å²) in [5, 5.41) is 12.6. The van der Waals surface area contributed by atoms with Crippen LogP contribution in [0.5, 0.6) is 0 Å². The summed E-state index contributed by atoms with van der Waals surface area (Å²) >= 11 is 1.67. The molecule has 0 aliphatic carbocycles. The molecule has 6 nitrogen and oxygen atoms in total. The highest BCUT2D eigenvalue weighted by Crippen LogP contribution is 2.08. The van der Waals surface area contributed by atoms with Gasteiger partial charge in [-0.1, -0.05) is 12.1 Å². The van der Waals surface area contributed by atoms with Crippen LogP contribution >= 0.6 is 35.3 Å². The third-order valence-corrected chi connectivity index (χ3v) is 4.45. The Kier molecular flexibility index (Phi) is 11.0. The summed E-state index contributed by atoms with van der Waals surface area (Å²) in [5.41, 5.74) is 2.77. The van der Waals surface area contributed by atoms with Gasteiger partial charge in [-0.2, -0.15) is 0 Å². The molecule has 0 fully saturated rings. The first-order chi connectivity index (χ1) is 12.6. The van der Waals surface area contributed by atoms with Crippen molar-refractivity contribution in [2.24, 2.45) is 4.99 Å². The zero-order chi connectivity index (χ0) is 18.8. The van der Waals surface area contributed by atoms with Gasteiger partial charge in [0.15, 0.2) is 5.96 Å². The van der Waals surface area contributed by atoms with E-state index in [1.54, 1.807) is 11.3 Å². The summed E-state index contributed by atoms with van der Waals surface area (Å²) in [7, 11) is 0. The van der Waals surface area contributed by atoms with E-state index in [-0.39, 0.29) is 29.9 Å². The standard InChI is InChI=1S/C19H27N5OS.HI/c1-4-20-18(25)16-8-6-7-15(11-16)12-23-19(21-5-2)22-10-9-17-13-26-14(3)24-17;/h6-8,11,13H,4-5,9-10,12H2,1-3H3,(H,20,25)(H2,21,22,23);1H. The Hall–Kier alpha value is -1.68. The van der Waals surface area contributed by atoms with Gasteiger partial charge in [0.05, 0.1) is 17.2 Å². The number of benzene rings is 1. The molecule has 8 heteroatoms. The van der Waals surface area contributed by atoms with Crippen LogP contribution in [0.3, 0.4) is 0 Å². The number of rotatable bonds is 8. The fourth-order valence-electron chi connectivity index (χ4n) is 2.42. The number of carbonyl (C=O) groups excluding carboxylic acids is 1. The number of nitrogens with zero attached hydrogens (tertiary/aromatic N) is 2. The molecule has 0 unspecified atom stereocenters. The molecule has 0 bridgehead atoms. The number of nitrogens with one attached hydrogen (secondary N) is 3. The van der Waals surface area contributed by atoms with Gasteiger partial charge in [-0.25, -0.2) is 9.98 Å². The van der Waals surface area contributed by atoms with E-state index in [4.69, 9.17) is 0 Å². The van der Waals surface area contributed by atoms with Crippen LogP contribution in [0.15, 0.2) is 34.6 Å². The van der Waals surface area contributed by atoms with Gasteiger partial charge < -0.3 is 16.0 Å². The molecule has 0 saturated heterocycles. The van der Waals surface area contributed by atoms with E-state index in [2.05, 4.69) is 31.3 Å². The largest absolute Gasteiger partial charge is 0.357 e. The van der Waals surface area contributed by atoms with Crippen LogP contribution in [-0.4, -0.2) is 36.5 Å². The Morgan fingerprint density at radius 3 is 2.63 bits per heavy atom. The van der Waals surface area contributed by atoms with E-state index in [1.807, 2.05) is 45.0 Å². The second kappa shape index (κ2) is 12.7. The Morgan fingerprint density at radius 2 is 1.96 bits per heavy atom. The van der Waals surface area contributed by atoms with E-state index in [0.717, 1.165) is 41.7 Å². The monoisotopic (exact) mass is 501 g/mol. The molecule has 1 amide bonds. The van der Waals surface area contributed by atoms with Crippen LogP contribution in [0, 0.1) is 6.92 Å². The lowest BCUT2D eigenvalue weighted by Crippen LogP contribution is -2.38. The number of guanidine groups is 1. The first-order valence-electron chi connectivity index (χ1n) is 8.92. The molecule has 1 aromatic heterocycles. The fourth-order valence-corrected chi connectivity index (χ4v) is 3.06. The number of aromatic nitrogens is 1.